The number of aryl methyl sites for hydroxylation is 1. The van der Waals surface area contributed by atoms with Crippen LogP contribution in [0.15, 0.2) is 41.8 Å². The second-order valence-electron chi connectivity index (χ2n) is 7.60. The minimum atomic E-state index is -0.0620. The fourth-order valence-corrected chi connectivity index (χ4v) is 4.37. The minimum absolute atomic E-state index is 0.0620. The van der Waals surface area contributed by atoms with E-state index in [4.69, 9.17) is 9.47 Å². The molecule has 0 bridgehead atoms. The van der Waals surface area contributed by atoms with E-state index in [2.05, 4.69) is 48.4 Å². The largest absolute Gasteiger partial charge is 0.494 e. The number of nitrogens with one attached hydrogen (secondary N) is 1. The molecule has 3 aromatic rings. The first-order valence-electron chi connectivity index (χ1n) is 10.2. The van der Waals surface area contributed by atoms with Crippen LogP contribution >= 0.6 is 11.3 Å². The highest BCUT2D eigenvalue weighted by atomic mass is 32.1. The molecule has 1 aliphatic heterocycles. The fourth-order valence-electron chi connectivity index (χ4n) is 3.55. The van der Waals surface area contributed by atoms with E-state index in [1.165, 1.54) is 5.56 Å². The van der Waals surface area contributed by atoms with Crippen molar-refractivity contribution in [1.82, 2.24) is 10.3 Å². The average molecular weight is 423 g/mol. The van der Waals surface area contributed by atoms with Crippen molar-refractivity contribution in [1.29, 1.82) is 0 Å². The summed E-state index contributed by atoms with van der Waals surface area (Å²) < 4.78 is 11.6. The molecule has 4 rings (SSSR count). The van der Waals surface area contributed by atoms with Crippen molar-refractivity contribution < 1.29 is 14.3 Å². The average Bonchev–Trinajstić information content (AvgIpc) is 3.32. The smallest absolute Gasteiger partial charge is 0.226 e. The summed E-state index contributed by atoms with van der Waals surface area (Å²) in [5, 5.41) is 5.88. The molecule has 1 aliphatic rings. The van der Waals surface area contributed by atoms with Gasteiger partial charge >= 0.3 is 0 Å². The van der Waals surface area contributed by atoms with Crippen molar-refractivity contribution in [2.45, 2.75) is 46.3 Å². The molecule has 1 atom stereocenters. The Labute approximate surface area is 181 Å². The first-order chi connectivity index (χ1) is 14.5. The summed E-state index contributed by atoms with van der Waals surface area (Å²) in [4.78, 5) is 17.1. The van der Waals surface area contributed by atoms with E-state index in [1.54, 1.807) is 11.3 Å². The molecule has 0 radical (unpaired) electrons. The molecule has 5 nitrogen and oxygen atoms in total. The second kappa shape index (κ2) is 8.88. The highest BCUT2D eigenvalue weighted by molar-refractivity contribution is 7.13. The van der Waals surface area contributed by atoms with Gasteiger partial charge in [0.2, 0.25) is 5.91 Å². The third-order valence-corrected chi connectivity index (χ3v) is 5.99. The lowest BCUT2D eigenvalue weighted by Crippen LogP contribution is -2.25. The Balaban J connectivity index is 1.39. The predicted octanol–water partition coefficient (Wildman–Crippen LogP) is 4.70. The van der Waals surface area contributed by atoms with Gasteiger partial charge in [0.05, 0.1) is 18.7 Å². The van der Waals surface area contributed by atoms with Crippen LogP contribution in [-0.2, 0) is 24.2 Å². The molecule has 30 heavy (non-hydrogen) atoms. The lowest BCUT2D eigenvalue weighted by Gasteiger charge is -2.13. The van der Waals surface area contributed by atoms with Gasteiger partial charge in [0.25, 0.3) is 0 Å². The van der Waals surface area contributed by atoms with E-state index in [1.807, 2.05) is 24.4 Å². The Morgan fingerprint density at radius 3 is 2.87 bits per heavy atom. The molecule has 1 unspecified atom stereocenters. The molecule has 0 saturated heterocycles. The number of aromatic nitrogens is 1. The van der Waals surface area contributed by atoms with Gasteiger partial charge in [-0.15, -0.1) is 11.3 Å². The van der Waals surface area contributed by atoms with Crippen LogP contribution in [0.5, 0.6) is 11.5 Å². The van der Waals surface area contributed by atoms with E-state index < -0.39 is 0 Å². The van der Waals surface area contributed by atoms with Crippen molar-refractivity contribution in [2.24, 2.45) is 0 Å². The molecule has 0 saturated carbocycles. The lowest BCUT2D eigenvalue weighted by molar-refractivity contribution is -0.120. The van der Waals surface area contributed by atoms with Crippen LogP contribution in [0, 0.1) is 6.92 Å². The van der Waals surface area contributed by atoms with E-state index >= 15 is 0 Å². The quantitative estimate of drug-likeness (QED) is 0.600. The number of rotatable bonds is 7. The molecule has 0 spiro atoms. The van der Waals surface area contributed by atoms with Crippen LogP contribution in [0.3, 0.4) is 0 Å². The van der Waals surface area contributed by atoms with Crippen LogP contribution in [0.4, 0.5) is 0 Å². The van der Waals surface area contributed by atoms with Crippen LogP contribution in [0.25, 0.3) is 10.6 Å². The molecule has 2 aromatic carbocycles. The first-order valence-corrected chi connectivity index (χ1v) is 11.1. The molecule has 2 heterocycles. The number of amides is 1. The normalized spacial score (nSPS) is 14.8. The molecule has 1 N–H and O–H groups in total. The number of carbonyl (C=O) groups is 1. The van der Waals surface area contributed by atoms with Crippen LogP contribution in [0.1, 0.15) is 36.2 Å². The summed E-state index contributed by atoms with van der Waals surface area (Å²) in [5.74, 6) is 1.63. The Kier molecular flexibility index (Phi) is 6.04. The number of benzene rings is 2. The highest BCUT2D eigenvalue weighted by Gasteiger charge is 2.22. The predicted molar refractivity (Wildman–Crippen MR) is 119 cm³/mol. The highest BCUT2D eigenvalue weighted by Crippen LogP contribution is 2.35. The molecule has 0 aliphatic carbocycles. The van der Waals surface area contributed by atoms with Gasteiger partial charge in [0.1, 0.15) is 22.6 Å². The van der Waals surface area contributed by atoms with Crippen molar-refractivity contribution in [3.05, 3.63) is 64.2 Å². The van der Waals surface area contributed by atoms with Crippen LogP contribution in [0.2, 0.25) is 0 Å². The Morgan fingerprint density at radius 2 is 2.10 bits per heavy atom. The first kappa shape index (κ1) is 20.4. The lowest BCUT2D eigenvalue weighted by atomic mass is 10.1. The summed E-state index contributed by atoms with van der Waals surface area (Å²) >= 11 is 1.56. The van der Waals surface area contributed by atoms with E-state index in [-0.39, 0.29) is 18.4 Å². The van der Waals surface area contributed by atoms with Gasteiger partial charge in [-0.3, -0.25) is 4.79 Å². The maximum atomic E-state index is 12.5. The van der Waals surface area contributed by atoms with Gasteiger partial charge in [0, 0.05) is 35.0 Å². The summed E-state index contributed by atoms with van der Waals surface area (Å²) in [6, 6.07) is 12.3. The summed E-state index contributed by atoms with van der Waals surface area (Å²) in [6.07, 6.45) is 1.31. The topological polar surface area (TPSA) is 60.5 Å². The van der Waals surface area contributed by atoms with E-state index in [0.717, 1.165) is 45.3 Å². The number of carbonyl (C=O) groups excluding carboxylic acids is 1. The Morgan fingerprint density at radius 1 is 1.30 bits per heavy atom. The van der Waals surface area contributed by atoms with Crippen LogP contribution < -0.4 is 14.8 Å². The molecule has 0 fully saturated rings. The zero-order chi connectivity index (χ0) is 21.1. The molecular formula is C24H26N2O3S. The van der Waals surface area contributed by atoms with Crippen molar-refractivity contribution >= 4 is 17.2 Å². The number of hydrogen-bond acceptors (Lipinski definition) is 5. The molecular weight excluding hydrogens is 396 g/mol. The molecule has 6 heteroatoms. The Hall–Kier alpha value is -2.86. The third-order valence-electron chi connectivity index (χ3n) is 5.05. The summed E-state index contributed by atoms with van der Waals surface area (Å²) in [7, 11) is 0. The van der Waals surface area contributed by atoms with Gasteiger partial charge in [-0.2, -0.15) is 0 Å². The van der Waals surface area contributed by atoms with E-state index in [9.17, 15) is 4.79 Å². The minimum Gasteiger partial charge on any atom is -0.494 e. The standard InChI is InChI=1S/C24H26N2O3S/c1-4-28-21-10-18-9-16(3)29-22(18)11-19(21)13-25-23(27)12-20-14-30-24(26-20)17-7-5-15(2)6-8-17/h5-8,10-11,14,16H,4,9,12-13H2,1-3H3,(H,25,27). The number of fused-ring (bicyclic) bond motifs is 1. The SMILES string of the molecule is CCOc1cc2c(cc1CNC(=O)Cc1csc(-c3ccc(C)cc3)n1)OC(C)C2. The van der Waals surface area contributed by atoms with Crippen molar-refractivity contribution in [2.75, 3.05) is 6.61 Å². The van der Waals surface area contributed by atoms with Crippen LogP contribution in [-0.4, -0.2) is 23.6 Å². The number of thiazole rings is 1. The summed E-state index contributed by atoms with van der Waals surface area (Å²) in [6.45, 7) is 7.06. The number of hydrogen-bond donors (Lipinski definition) is 1. The maximum Gasteiger partial charge on any atom is 0.226 e. The second-order valence-corrected chi connectivity index (χ2v) is 8.45. The van der Waals surface area contributed by atoms with Gasteiger partial charge in [-0.1, -0.05) is 29.8 Å². The third kappa shape index (κ3) is 4.65. The van der Waals surface area contributed by atoms with Gasteiger partial charge in [-0.25, -0.2) is 4.98 Å². The van der Waals surface area contributed by atoms with E-state index in [0.29, 0.717) is 13.2 Å². The summed E-state index contributed by atoms with van der Waals surface area (Å²) in [5.41, 5.74) is 5.16. The Bertz CT molecular complexity index is 1040. The number of ether oxygens (including phenoxy) is 2. The van der Waals surface area contributed by atoms with Gasteiger partial charge in [-0.05, 0) is 32.9 Å². The molecule has 1 aromatic heterocycles. The van der Waals surface area contributed by atoms with Crippen molar-refractivity contribution in [3.8, 4) is 22.1 Å². The zero-order valence-electron chi connectivity index (χ0n) is 17.5. The molecule has 156 valence electrons. The maximum absolute atomic E-state index is 12.5. The van der Waals surface area contributed by atoms with Gasteiger partial charge < -0.3 is 14.8 Å². The van der Waals surface area contributed by atoms with Gasteiger partial charge in [0.15, 0.2) is 0 Å². The van der Waals surface area contributed by atoms with Crippen molar-refractivity contribution in [3.63, 3.8) is 0 Å². The number of nitrogens with zero attached hydrogens (tertiary/aromatic N) is 1. The molecule has 1 amide bonds. The zero-order valence-corrected chi connectivity index (χ0v) is 18.3. The fraction of sp³-hybridized carbons (Fsp3) is 0.333. The monoisotopic (exact) mass is 422 g/mol.